The fourth-order valence-corrected chi connectivity index (χ4v) is 6.64. The predicted molar refractivity (Wildman–Crippen MR) is 183 cm³/mol. The van der Waals surface area contributed by atoms with Crippen LogP contribution in [0, 0.1) is 6.92 Å². The molecule has 4 aromatic carbocycles. The monoisotopic (exact) mass is 661 g/mol. The summed E-state index contributed by atoms with van der Waals surface area (Å²) >= 11 is 6.16. The van der Waals surface area contributed by atoms with E-state index in [0.29, 0.717) is 17.3 Å². The number of halogens is 1. The number of sulfonamides is 1. The van der Waals surface area contributed by atoms with Gasteiger partial charge in [-0.3, -0.25) is 13.9 Å². The molecule has 2 amide bonds. The van der Waals surface area contributed by atoms with E-state index in [4.69, 9.17) is 16.3 Å². The van der Waals surface area contributed by atoms with E-state index in [1.165, 1.54) is 24.1 Å². The van der Waals surface area contributed by atoms with Gasteiger partial charge in [0.2, 0.25) is 11.8 Å². The highest BCUT2D eigenvalue weighted by molar-refractivity contribution is 7.92. The maximum atomic E-state index is 14.6. The number of rotatable bonds is 15. The quantitative estimate of drug-likeness (QED) is 0.149. The van der Waals surface area contributed by atoms with E-state index in [1.807, 2.05) is 44.2 Å². The molecule has 46 heavy (non-hydrogen) atoms. The van der Waals surface area contributed by atoms with Gasteiger partial charge in [-0.1, -0.05) is 91.7 Å². The number of amides is 2. The van der Waals surface area contributed by atoms with Gasteiger partial charge in [0, 0.05) is 24.5 Å². The van der Waals surface area contributed by atoms with Gasteiger partial charge in [-0.05, 0) is 66.4 Å². The molecule has 0 heterocycles. The summed E-state index contributed by atoms with van der Waals surface area (Å²) in [6.45, 7) is 3.81. The summed E-state index contributed by atoms with van der Waals surface area (Å²) in [6, 6.07) is 28.7. The first kappa shape index (κ1) is 34.5. The fraction of sp³-hybridized carbons (Fsp3) is 0.278. The van der Waals surface area contributed by atoms with Crippen LogP contribution in [-0.4, -0.2) is 51.4 Å². The molecule has 0 aromatic heterocycles. The summed E-state index contributed by atoms with van der Waals surface area (Å²) in [5.41, 5.74) is 2.61. The topological polar surface area (TPSA) is 96.0 Å². The van der Waals surface area contributed by atoms with Gasteiger partial charge in [0.1, 0.15) is 18.3 Å². The smallest absolute Gasteiger partial charge is 0.264 e. The van der Waals surface area contributed by atoms with Crippen LogP contribution in [0.25, 0.3) is 0 Å². The number of aryl methyl sites for hydroxylation is 1. The average molecular weight is 662 g/mol. The lowest BCUT2D eigenvalue weighted by Crippen LogP contribution is -2.53. The van der Waals surface area contributed by atoms with Crippen LogP contribution in [0.2, 0.25) is 5.02 Å². The van der Waals surface area contributed by atoms with Crippen molar-refractivity contribution in [1.29, 1.82) is 0 Å². The standard InChI is InChI=1S/C36H40ClN3O5S/c1-4-5-22-38-36(42)33(24-28-12-8-6-9-13-28)39(25-29-17-19-30(37)20-18-29)35(41)26-40(32-23-27(2)16-21-34(32)45-3)46(43,44)31-14-10-7-11-15-31/h6-21,23,33H,4-5,22,24-26H2,1-3H3,(H,38,42). The number of nitrogens with zero attached hydrogens (tertiary/aromatic N) is 2. The molecule has 0 bridgehead atoms. The van der Waals surface area contributed by atoms with Gasteiger partial charge in [-0.2, -0.15) is 0 Å². The van der Waals surface area contributed by atoms with Crippen molar-refractivity contribution in [1.82, 2.24) is 10.2 Å². The number of methoxy groups -OCH3 is 1. The number of benzene rings is 4. The van der Waals surface area contributed by atoms with E-state index in [0.717, 1.165) is 33.8 Å². The molecule has 4 rings (SSSR count). The first-order valence-corrected chi connectivity index (χ1v) is 17.0. The number of hydrogen-bond acceptors (Lipinski definition) is 5. The van der Waals surface area contributed by atoms with E-state index in [-0.39, 0.29) is 29.5 Å². The summed E-state index contributed by atoms with van der Waals surface area (Å²) in [6.07, 6.45) is 1.91. The molecule has 0 aliphatic carbocycles. The van der Waals surface area contributed by atoms with E-state index in [1.54, 1.807) is 60.7 Å². The van der Waals surface area contributed by atoms with E-state index in [2.05, 4.69) is 5.32 Å². The molecular weight excluding hydrogens is 622 g/mol. The highest BCUT2D eigenvalue weighted by Gasteiger charge is 2.35. The van der Waals surface area contributed by atoms with Crippen molar-refractivity contribution >= 4 is 39.1 Å². The molecule has 1 atom stereocenters. The van der Waals surface area contributed by atoms with Gasteiger partial charge in [0.05, 0.1) is 17.7 Å². The first-order valence-electron chi connectivity index (χ1n) is 15.2. The Labute approximate surface area is 277 Å². The summed E-state index contributed by atoms with van der Waals surface area (Å²) < 4.78 is 35.1. The Bertz CT molecular complexity index is 1700. The van der Waals surface area contributed by atoms with Crippen molar-refractivity contribution in [3.05, 3.63) is 125 Å². The average Bonchev–Trinajstić information content (AvgIpc) is 3.06. The summed E-state index contributed by atoms with van der Waals surface area (Å²) in [5.74, 6) is -0.574. The number of ether oxygens (including phenoxy) is 1. The molecule has 0 radical (unpaired) electrons. The molecule has 1 N–H and O–H groups in total. The zero-order chi connectivity index (χ0) is 33.1. The molecule has 4 aromatic rings. The SMILES string of the molecule is CCCCNC(=O)C(Cc1ccccc1)N(Cc1ccc(Cl)cc1)C(=O)CN(c1cc(C)ccc1OC)S(=O)(=O)c1ccccc1. The van der Waals surface area contributed by atoms with Crippen LogP contribution in [0.4, 0.5) is 5.69 Å². The molecule has 10 heteroatoms. The van der Waals surface area contributed by atoms with E-state index < -0.39 is 28.5 Å². The molecule has 0 aliphatic rings. The summed E-state index contributed by atoms with van der Waals surface area (Å²) in [4.78, 5) is 29.9. The second-order valence-corrected chi connectivity index (χ2v) is 13.3. The Hall–Kier alpha value is -4.34. The van der Waals surface area contributed by atoms with E-state index in [9.17, 15) is 18.0 Å². The molecule has 0 saturated carbocycles. The van der Waals surface area contributed by atoms with Crippen molar-refractivity contribution < 1.29 is 22.7 Å². The lowest BCUT2D eigenvalue weighted by Gasteiger charge is -2.34. The van der Waals surface area contributed by atoms with Crippen molar-refractivity contribution in [2.45, 2.75) is 50.6 Å². The molecule has 0 fully saturated rings. The number of hydrogen-bond donors (Lipinski definition) is 1. The number of carbonyl (C=O) groups is 2. The van der Waals surface area contributed by atoms with Crippen LogP contribution in [0.3, 0.4) is 0 Å². The normalized spacial score (nSPS) is 11.8. The minimum Gasteiger partial charge on any atom is -0.495 e. The van der Waals surface area contributed by atoms with Crippen LogP contribution >= 0.6 is 11.6 Å². The Morgan fingerprint density at radius 2 is 1.54 bits per heavy atom. The number of unbranched alkanes of at least 4 members (excludes halogenated alkanes) is 1. The number of carbonyl (C=O) groups excluding carboxylic acids is 2. The molecule has 0 spiro atoms. The van der Waals surface area contributed by atoms with Gasteiger partial charge >= 0.3 is 0 Å². The van der Waals surface area contributed by atoms with Gasteiger partial charge < -0.3 is 15.0 Å². The van der Waals surface area contributed by atoms with Crippen molar-refractivity contribution in [3.8, 4) is 5.75 Å². The molecule has 0 aliphatic heterocycles. The molecule has 8 nitrogen and oxygen atoms in total. The summed E-state index contributed by atoms with van der Waals surface area (Å²) in [7, 11) is -2.79. The molecule has 242 valence electrons. The van der Waals surface area contributed by atoms with Crippen LogP contribution in [0.15, 0.2) is 108 Å². The minimum atomic E-state index is -4.25. The molecule has 0 saturated heterocycles. The van der Waals surface area contributed by atoms with Crippen molar-refractivity contribution in [3.63, 3.8) is 0 Å². The zero-order valence-electron chi connectivity index (χ0n) is 26.4. The van der Waals surface area contributed by atoms with Gasteiger partial charge in [0.15, 0.2) is 0 Å². The minimum absolute atomic E-state index is 0.0220. The second-order valence-electron chi connectivity index (χ2n) is 11.0. The van der Waals surface area contributed by atoms with Crippen molar-refractivity contribution in [2.24, 2.45) is 0 Å². The van der Waals surface area contributed by atoms with Crippen LogP contribution in [0.1, 0.15) is 36.5 Å². The Morgan fingerprint density at radius 3 is 2.17 bits per heavy atom. The van der Waals surface area contributed by atoms with E-state index >= 15 is 0 Å². The van der Waals surface area contributed by atoms with Gasteiger partial charge in [0.25, 0.3) is 10.0 Å². The highest BCUT2D eigenvalue weighted by atomic mass is 35.5. The second kappa shape index (κ2) is 16.3. The third kappa shape index (κ3) is 8.89. The van der Waals surface area contributed by atoms with Gasteiger partial charge in [-0.25, -0.2) is 8.42 Å². The van der Waals surface area contributed by atoms with Crippen LogP contribution in [0.5, 0.6) is 5.75 Å². The lowest BCUT2D eigenvalue weighted by atomic mass is 10.0. The van der Waals surface area contributed by atoms with Crippen molar-refractivity contribution in [2.75, 3.05) is 24.5 Å². The maximum absolute atomic E-state index is 14.6. The molecule has 1 unspecified atom stereocenters. The van der Waals surface area contributed by atoms with Gasteiger partial charge in [-0.15, -0.1) is 0 Å². The third-order valence-electron chi connectivity index (χ3n) is 7.58. The summed E-state index contributed by atoms with van der Waals surface area (Å²) in [5, 5.41) is 3.53. The van der Waals surface area contributed by atoms with Crippen LogP contribution in [-0.2, 0) is 32.6 Å². The Balaban J connectivity index is 1.82. The molecular formula is C36H40ClN3O5S. The Kier molecular flexibility index (Phi) is 12.2. The Morgan fingerprint density at radius 1 is 0.891 bits per heavy atom. The first-order chi connectivity index (χ1) is 22.1. The van der Waals surface area contributed by atoms with Crippen LogP contribution < -0.4 is 14.4 Å². The predicted octanol–water partition coefficient (Wildman–Crippen LogP) is 6.41. The lowest BCUT2D eigenvalue weighted by molar-refractivity contribution is -0.140. The highest BCUT2D eigenvalue weighted by Crippen LogP contribution is 2.34. The maximum Gasteiger partial charge on any atom is 0.264 e. The fourth-order valence-electron chi connectivity index (χ4n) is 5.07. The number of nitrogens with one attached hydrogen (secondary N) is 1. The zero-order valence-corrected chi connectivity index (χ0v) is 27.9. The largest absolute Gasteiger partial charge is 0.495 e. The number of anilines is 1. The third-order valence-corrected chi connectivity index (χ3v) is 9.61.